The van der Waals surface area contributed by atoms with Gasteiger partial charge < -0.3 is 19.5 Å². The normalized spacial score (nSPS) is 20.8. The SMILES string of the molecule is CCOc1ccc([C@@H]2C(C(=O)OC)=C(C)N[C@H]3S/C(=C\c4ccccn4)C(=O)N32)cc1OCC. The Kier molecular flexibility index (Phi) is 7.12. The Balaban J connectivity index is 1.81. The molecule has 9 heteroatoms. The van der Waals surface area contributed by atoms with Crippen molar-refractivity contribution in [3.8, 4) is 11.5 Å². The van der Waals surface area contributed by atoms with E-state index in [2.05, 4.69) is 10.3 Å². The van der Waals surface area contributed by atoms with Crippen LogP contribution in [0.25, 0.3) is 6.08 Å². The zero-order valence-corrected chi connectivity index (χ0v) is 20.3. The van der Waals surface area contributed by atoms with Crippen LogP contribution >= 0.6 is 11.8 Å². The molecule has 0 spiro atoms. The maximum atomic E-state index is 13.6. The molecule has 2 aliphatic heterocycles. The first-order valence-electron chi connectivity index (χ1n) is 11.1. The van der Waals surface area contributed by atoms with Gasteiger partial charge in [-0.3, -0.25) is 14.7 Å². The van der Waals surface area contributed by atoms with E-state index in [1.165, 1.54) is 18.9 Å². The van der Waals surface area contributed by atoms with Crippen molar-refractivity contribution in [2.45, 2.75) is 32.3 Å². The summed E-state index contributed by atoms with van der Waals surface area (Å²) in [6.45, 7) is 6.55. The molecule has 8 nitrogen and oxygen atoms in total. The molecule has 34 heavy (non-hydrogen) atoms. The van der Waals surface area contributed by atoms with Gasteiger partial charge in [0.05, 0.1) is 42.5 Å². The molecule has 0 saturated carbocycles. The van der Waals surface area contributed by atoms with E-state index in [4.69, 9.17) is 14.2 Å². The first-order valence-corrected chi connectivity index (χ1v) is 11.9. The second-order valence-electron chi connectivity index (χ2n) is 7.60. The van der Waals surface area contributed by atoms with E-state index < -0.39 is 12.0 Å². The van der Waals surface area contributed by atoms with Crippen molar-refractivity contribution in [2.75, 3.05) is 20.3 Å². The number of carbonyl (C=O) groups excluding carboxylic acids is 2. The van der Waals surface area contributed by atoms with Crippen LogP contribution in [0.4, 0.5) is 0 Å². The molecule has 2 aromatic rings. The minimum atomic E-state index is -0.664. The van der Waals surface area contributed by atoms with Crippen molar-refractivity contribution in [3.05, 3.63) is 70.0 Å². The van der Waals surface area contributed by atoms with Gasteiger partial charge in [0.1, 0.15) is 0 Å². The maximum Gasteiger partial charge on any atom is 0.337 e. The summed E-state index contributed by atoms with van der Waals surface area (Å²) in [5, 5.41) is 3.29. The molecular weight excluding hydrogens is 454 g/mol. The number of esters is 1. The second-order valence-corrected chi connectivity index (χ2v) is 8.72. The minimum absolute atomic E-state index is 0.195. The van der Waals surface area contributed by atoms with Crippen molar-refractivity contribution < 1.29 is 23.8 Å². The largest absolute Gasteiger partial charge is 0.490 e. The number of methoxy groups -OCH3 is 1. The fourth-order valence-electron chi connectivity index (χ4n) is 4.05. The lowest BCUT2D eigenvalue weighted by molar-refractivity contribution is -0.138. The molecule has 2 atom stereocenters. The Bertz CT molecular complexity index is 1150. The van der Waals surface area contributed by atoms with Gasteiger partial charge in [-0.1, -0.05) is 23.9 Å². The highest BCUT2D eigenvalue weighted by Crippen LogP contribution is 2.47. The van der Waals surface area contributed by atoms with Gasteiger partial charge in [0.25, 0.3) is 5.91 Å². The fraction of sp³-hybridized carbons (Fsp3) is 0.320. The number of hydrogen-bond acceptors (Lipinski definition) is 8. The number of hydrogen-bond donors (Lipinski definition) is 1. The molecule has 0 unspecified atom stereocenters. The number of ether oxygens (including phenoxy) is 3. The van der Waals surface area contributed by atoms with Crippen LogP contribution in [0.1, 0.15) is 38.1 Å². The number of benzene rings is 1. The number of nitrogens with zero attached hydrogens (tertiary/aromatic N) is 2. The lowest BCUT2D eigenvalue weighted by atomic mass is 9.93. The number of pyridine rings is 1. The van der Waals surface area contributed by atoms with Gasteiger partial charge in [-0.2, -0.15) is 0 Å². The standard InChI is InChI=1S/C25H27N3O5S/c1-5-32-18-11-10-16(13-19(18)33-6-2)22-21(24(30)31-4)15(3)27-25-28(22)23(29)20(34-25)14-17-9-7-8-12-26-17/h7-14,22,25,27H,5-6H2,1-4H3/b20-14-/t22-,25-/m1/s1. The monoisotopic (exact) mass is 481 g/mol. The first kappa shape index (κ1) is 23.7. The minimum Gasteiger partial charge on any atom is -0.490 e. The molecule has 1 N–H and O–H groups in total. The lowest BCUT2D eigenvalue weighted by Crippen LogP contribution is -2.49. The van der Waals surface area contributed by atoms with E-state index in [9.17, 15) is 9.59 Å². The summed E-state index contributed by atoms with van der Waals surface area (Å²) in [5.74, 6) is 0.471. The van der Waals surface area contributed by atoms with Gasteiger partial charge in [0.15, 0.2) is 17.0 Å². The van der Waals surface area contributed by atoms with Gasteiger partial charge >= 0.3 is 5.97 Å². The summed E-state index contributed by atoms with van der Waals surface area (Å²) < 4.78 is 16.6. The Morgan fingerprint density at radius 3 is 2.62 bits per heavy atom. The van der Waals surface area contributed by atoms with Gasteiger partial charge in [-0.15, -0.1) is 0 Å². The van der Waals surface area contributed by atoms with E-state index >= 15 is 0 Å². The molecule has 178 valence electrons. The van der Waals surface area contributed by atoms with E-state index in [1.807, 2.05) is 57.2 Å². The number of nitrogens with one attached hydrogen (secondary N) is 1. The molecule has 3 heterocycles. The van der Waals surface area contributed by atoms with Crippen molar-refractivity contribution in [2.24, 2.45) is 0 Å². The smallest absolute Gasteiger partial charge is 0.337 e. The van der Waals surface area contributed by atoms with Gasteiger partial charge in [0.2, 0.25) is 0 Å². The molecule has 1 fully saturated rings. The summed E-state index contributed by atoms with van der Waals surface area (Å²) in [5.41, 5.74) is 2.06. The Labute approximate surface area is 203 Å². The average molecular weight is 482 g/mol. The van der Waals surface area contributed by atoms with Crippen molar-refractivity contribution in [3.63, 3.8) is 0 Å². The molecule has 1 amide bonds. The van der Waals surface area contributed by atoms with E-state index in [-0.39, 0.29) is 11.4 Å². The number of amides is 1. The van der Waals surface area contributed by atoms with Gasteiger partial charge in [0, 0.05) is 11.9 Å². The number of aromatic nitrogens is 1. The van der Waals surface area contributed by atoms with Crippen LogP contribution in [-0.4, -0.2) is 47.6 Å². The fourth-order valence-corrected chi connectivity index (χ4v) is 5.25. The van der Waals surface area contributed by atoms with E-state index in [0.29, 0.717) is 46.6 Å². The molecule has 0 bridgehead atoms. The number of rotatable bonds is 7. The molecule has 2 aliphatic rings. The highest BCUT2D eigenvalue weighted by molar-refractivity contribution is 8.05. The average Bonchev–Trinajstić information content (AvgIpc) is 3.14. The number of carbonyl (C=O) groups is 2. The second kappa shape index (κ2) is 10.2. The zero-order valence-electron chi connectivity index (χ0n) is 19.5. The third kappa shape index (κ3) is 4.48. The summed E-state index contributed by atoms with van der Waals surface area (Å²) in [7, 11) is 1.34. The predicted molar refractivity (Wildman–Crippen MR) is 130 cm³/mol. The third-order valence-electron chi connectivity index (χ3n) is 5.49. The zero-order chi connectivity index (χ0) is 24.2. The topological polar surface area (TPSA) is 90.0 Å². The van der Waals surface area contributed by atoms with Crippen LogP contribution in [0.5, 0.6) is 11.5 Å². The Hall–Kier alpha value is -3.46. The van der Waals surface area contributed by atoms with E-state index in [0.717, 1.165) is 5.56 Å². The Morgan fingerprint density at radius 2 is 1.94 bits per heavy atom. The summed E-state index contributed by atoms with van der Waals surface area (Å²) >= 11 is 1.39. The van der Waals surface area contributed by atoms with Gasteiger partial charge in [-0.25, -0.2) is 4.79 Å². The third-order valence-corrected chi connectivity index (χ3v) is 6.60. The van der Waals surface area contributed by atoms with Crippen molar-refractivity contribution in [1.29, 1.82) is 0 Å². The van der Waals surface area contributed by atoms with Crippen LogP contribution in [0, 0.1) is 0 Å². The first-order chi connectivity index (χ1) is 16.5. The summed E-state index contributed by atoms with van der Waals surface area (Å²) in [6, 6.07) is 10.4. The number of fused-ring (bicyclic) bond motifs is 1. The molecule has 1 aromatic heterocycles. The van der Waals surface area contributed by atoms with Gasteiger partial charge in [-0.05, 0) is 56.7 Å². The van der Waals surface area contributed by atoms with Crippen LogP contribution in [0.3, 0.4) is 0 Å². The molecule has 1 saturated heterocycles. The number of allylic oxidation sites excluding steroid dienone is 1. The molecule has 0 radical (unpaired) electrons. The maximum absolute atomic E-state index is 13.6. The summed E-state index contributed by atoms with van der Waals surface area (Å²) in [6.07, 6.45) is 3.45. The van der Waals surface area contributed by atoms with Crippen LogP contribution < -0.4 is 14.8 Å². The lowest BCUT2D eigenvalue weighted by Gasteiger charge is -2.39. The number of thioether (sulfide) groups is 1. The van der Waals surface area contributed by atoms with Crippen LogP contribution in [0.15, 0.2) is 58.8 Å². The van der Waals surface area contributed by atoms with E-state index in [1.54, 1.807) is 17.2 Å². The highest BCUT2D eigenvalue weighted by atomic mass is 32.2. The molecule has 1 aromatic carbocycles. The van der Waals surface area contributed by atoms with Crippen molar-refractivity contribution in [1.82, 2.24) is 15.2 Å². The summed E-state index contributed by atoms with van der Waals surface area (Å²) in [4.78, 5) is 33.0. The highest BCUT2D eigenvalue weighted by Gasteiger charge is 2.48. The molecular formula is C25H27N3O5S. The predicted octanol–water partition coefficient (Wildman–Crippen LogP) is 3.87. The van der Waals surface area contributed by atoms with Crippen molar-refractivity contribution >= 4 is 29.7 Å². The molecule has 0 aliphatic carbocycles. The quantitative estimate of drug-likeness (QED) is 0.471. The van der Waals surface area contributed by atoms with Crippen LogP contribution in [-0.2, 0) is 14.3 Å². The Morgan fingerprint density at radius 1 is 1.18 bits per heavy atom. The molecule has 4 rings (SSSR count). The van der Waals surface area contributed by atoms with Crippen LogP contribution in [0.2, 0.25) is 0 Å².